The van der Waals surface area contributed by atoms with E-state index in [0.29, 0.717) is 30.4 Å². The van der Waals surface area contributed by atoms with Crippen molar-refractivity contribution >= 4 is 40.3 Å². The van der Waals surface area contributed by atoms with Gasteiger partial charge in [0.2, 0.25) is 11.8 Å². The van der Waals surface area contributed by atoms with Crippen LogP contribution in [-0.4, -0.2) is 135 Å². The molecule has 2 unspecified atom stereocenters. The number of rotatable bonds is 10. The van der Waals surface area contributed by atoms with Gasteiger partial charge >= 0.3 is 0 Å². The molecule has 10 rings (SSSR count). The Hall–Kier alpha value is -5.90. The van der Waals surface area contributed by atoms with E-state index in [1.54, 1.807) is 11.2 Å². The second-order valence-corrected chi connectivity index (χ2v) is 17.1. The summed E-state index contributed by atoms with van der Waals surface area (Å²) >= 11 is 0. The summed E-state index contributed by atoms with van der Waals surface area (Å²) in [7, 11) is 0. The number of likely N-dealkylation sites (tertiary alicyclic amines) is 2. The van der Waals surface area contributed by atoms with Crippen molar-refractivity contribution in [1.82, 2.24) is 44.7 Å². The van der Waals surface area contributed by atoms with Gasteiger partial charge in [-0.15, -0.1) is 0 Å². The minimum Gasteiger partial charge on any atom is -0.457 e. The number of piperidine rings is 3. The number of carbonyl (C=O) groups is 3. The summed E-state index contributed by atoms with van der Waals surface area (Å²) in [5, 5.41) is 8.38. The molecule has 3 amide bonds. The maximum absolute atomic E-state index is 13.2. The predicted molar refractivity (Wildman–Crippen MR) is 232 cm³/mol. The number of carbonyl (C=O) groups excluding carboxylic acids is 3. The first-order valence-electron chi connectivity index (χ1n) is 21.9. The van der Waals surface area contributed by atoms with Crippen molar-refractivity contribution in [2.24, 2.45) is 0 Å². The number of aromatic nitrogens is 4. The average molecular weight is 824 g/mol. The molecule has 15 nitrogen and oxygen atoms in total. The number of nitrogens with one attached hydrogen (secondary N) is 1. The molecule has 3 N–H and O–H groups in total. The molecule has 2 aromatic heterocycles. The first kappa shape index (κ1) is 39.2. The first-order chi connectivity index (χ1) is 29.8. The summed E-state index contributed by atoms with van der Waals surface area (Å²) < 4.78 is 8.15. The summed E-state index contributed by atoms with van der Waals surface area (Å²) in [6.07, 6.45) is 6.67. The van der Waals surface area contributed by atoms with Crippen LogP contribution in [0.15, 0.2) is 79.1 Å². The van der Waals surface area contributed by atoms with Crippen molar-refractivity contribution in [1.29, 1.82) is 0 Å². The SMILES string of the molecule is Nc1ncnc2c1c(-c1ccc(Oc3ccccc3)cc1)nn2C1CCCN(C2CCN(CCN3CCN(c4ccc5c(c4)CN(C4CCC(=O)NC4=O)C5=O)CC3)CC2)C1. The Balaban J connectivity index is 0.705. The molecule has 5 aliphatic rings. The van der Waals surface area contributed by atoms with Gasteiger partial charge < -0.3 is 25.2 Å². The molecule has 0 radical (unpaired) electrons. The van der Waals surface area contributed by atoms with E-state index in [-0.39, 0.29) is 30.2 Å². The zero-order chi connectivity index (χ0) is 41.5. The number of nitrogen functional groups attached to an aromatic ring is 1. The van der Waals surface area contributed by atoms with E-state index in [2.05, 4.69) is 40.6 Å². The van der Waals surface area contributed by atoms with Crippen molar-refractivity contribution in [3.05, 3.63) is 90.3 Å². The zero-order valence-electron chi connectivity index (χ0n) is 34.5. The highest BCUT2D eigenvalue weighted by Gasteiger charge is 2.39. The van der Waals surface area contributed by atoms with Crippen LogP contribution in [0.2, 0.25) is 0 Å². The van der Waals surface area contributed by atoms with Crippen LogP contribution in [0, 0.1) is 0 Å². The Labute approximate surface area is 355 Å². The van der Waals surface area contributed by atoms with E-state index in [0.717, 1.165) is 123 Å². The van der Waals surface area contributed by atoms with Gasteiger partial charge in [-0.05, 0) is 112 Å². The van der Waals surface area contributed by atoms with E-state index in [1.807, 2.05) is 66.7 Å². The lowest BCUT2D eigenvalue weighted by Crippen LogP contribution is -2.52. The third-order valence-corrected chi connectivity index (χ3v) is 13.4. The lowest BCUT2D eigenvalue weighted by Gasteiger charge is -2.43. The Morgan fingerprint density at radius 1 is 0.770 bits per heavy atom. The largest absolute Gasteiger partial charge is 0.457 e. The molecule has 7 heterocycles. The molecule has 15 heteroatoms. The number of fused-ring (bicyclic) bond motifs is 2. The number of hydrogen-bond donors (Lipinski definition) is 2. The number of amides is 3. The third kappa shape index (κ3) is 8.05. The van der Waals surface area contributed by atoms with Crippen molar-refractivity contribution in [2.75, 3.05) is 76.1 Å². The van der Waals surface area contributed by atoms with E-state index >= 15 is 0 Å². The van der Waals surface area contributed by atoms with Crippen molar-refractivity contribution in [2.45, 2.75) is 63.2 Å². The smallest absolute Gasteiger partial charge is 0.255 e. The van der Waals surface area contributed by atoms with Gasteiger partial charge in [0, 0.05) is 81.6 Å². The van der Waals surface area contributed by atoms with Crippen LogP contribution in [0.25, 0.3) is 22.3 Å². The van der Waals surface area contributed by atoms with Crippen LogP contribution in [0.3, 0.4) is 0 Å². The number of para-hydroxylation sites is 1. The number of piperazine rings is 1. The molecule has 0 aliphatic carbocycles. The van der Waals surface area contributed by atoms with Crippen molar-refractivity contribution in [3.63, 3.8) is 0 Å². The highest BCUT2D eigenvalue weighted by Crippen LogP contribution is 2.36. The minimum atomic E-state index is -0.593. The summed E-state index contributed by atoms with van der Waals surface area (Å²) in [5.41, 5.74) is 11.8. The van der Waals surface area contributed by atoms with Gasteiger partial charge in [0.1, 0.15) is 35.4 Å². The highest BCUT2D eigenvalue weighted by atomic mass is 16.5. The molecule has 2 atom stereocenters. The fraction of sp³-hybridized carbons (Fsp3) is 0.435. The highest BCUT2D eigenvalue weighted by molar-refractivity contribution is 6.05. The van der Waals surface area contributed by atoms with Gasteiger partial charge in [0.05, 0.1) is 11.4 Å². The molecule has 61 heavy (non-hydrogen) atoms. The van der Waals surface area contributed by atoms with Crippen LogP contribution in [0.5, 0.6) is 11.5 Å². The van der Waals surface area contributed by atoms with Gasteiger partial charge in [-0.25, -0.2) is 14.6 Å². The minimum absolute atomic E-state index is 0.127. The van der Waals surface area contributed by atoms with Gasteiger partial charge in [-0.1, -0.05) is 18.2 Å². The first-order valence-corrected chi connectivity index (χ1v) is 21.9. The molecule has 0 bridgehead atoms. The quantitative estimate of drug-likeness (QED) is 0.190. The Kier molecular flexibility index (Phi) is 10.9. The molecule has 3 aromatic carbocycles. The second kappa shape index (κ2) is 16.9. The fourth-order valence-electron chi connectivity index (χ4n) is 10.1. The monoisotopic (exact) mass is 823 g/mol. The number of hydrogen-bond acceptors (Lipinski definition) is 12. The van der Waals surface area contributed by atoms with Gasteiger partial charge in [-0.2, -0.15) is 5.10 Å². The van der Waals surface area contributed by atoms with Gasteiger partial charge in [0.25, 0.3) is 5.91 Å². The molecular weight excluding hydrogens is 771 g/mol. The van der Waals surface area contributed by atoms with Crippen molar-refractivity contribution < 1.29 is 19.1 Å². The van der Waals surface area contributed by atoms with Crippen molar-refractivity contribution in [3.8, 4) is 22.8 Å². The normalized spacial score (nSPS) is 22.2. The number of nitrogens with two attached hydrogens (primary N) is 1. The van der Waals surface area contributed by atoms with Gasteiger partial charge in [0.15, 0.2) is 5.65 Å². The average Bonchev–Trinajstić information content (AvgIpc) is 3.85. The van der Waals surface area contributed by atoms with E-state index in [1.165, 1.54) is 12.8 Å². The second-order valence-electron chi connectivity index (χ2n) is 17.1. The summed E-state index contributed by atoms with van der Waals surface area (Å²) in [6, 6.07) is 24.0. The maximum atomic E-state index is 13.2. The van der Waals surface area contributed by atoms with E-state index in [9.17, 15) is 14.4 Å². The summed E-state index contributed by atoms with van der Waals surface area (Å²) in [4.78, 5) is 58.3. The molecule has 4 fully saturated rings. The predicted octanol–water partition coefficient (Wildman–Crippen LogP) is 4.55. The van der Waals surface area contributed by atoms with Crippen LogP contribution >= 0.6 is 0 Å². The van der Waals surface area contributed by atoms with Gasteiger partial charge in [-0.3, -0.25) is 29.5 Å². The maximum Gasteiger partial charge on any atom is 0.255 e. The van der Waals surface area contributed by atoms with Crippen LogP contribution in [0.1, 0.15) is 60.5 Å². The molecule has 4 saturated heterocycles. The summed E-state index contributed by atoms with van der Waals surface area (Å²) in [6.45, 7) is 10.7. The molecule has 316 valence electrons. The van der Waals surface area contributed by atoms with E-state index in [4.69, 9.17) is 20.6 Å². The van der Waals surface area contributed by atoms with Crippen LogP contribution < -0.4 is 20.7 Å². The molecule has 0 spiro atoms. The standard InChI is InChI=1S/C46H53N11O4/c47-43-41-42(31-8-11-37(12-9-31)61-36-6-2-1-3-7-36)51-57(44(41)49-30-48-43)35-5-4-18-55(29-35)33-16-19-52(20-17-33)21-22-53-23-25-54(26-24-53)34-10-13-38-32(27-34)28-56(46(38)60)39-14-15-40(58)50-45(39)59/h1-3,6-13,27,30,33,35,39H,4-5,14-26,28-29H2,(H2,47,48,49)(H,50,58,59). The summed E-state index contributed by atoms with van der Waals surface area (Å²) in [5.74, 6) is 1.22. The topological polar surface area (TPSA) is 158 Å². The number of anilines is 2. The molecule has 5 aromatic rings. The molecule has 5 aliphatic heterocycles. The van der Waals surface area contributed by atoms with E-state index < -0.39 is 6.04 Å². The third-order valence-electron chi connectivity index (χ3n) is 13.4. The number of imide groups is 1. The number of ether oxygens (including phenoxy) is 1. The Bertz CT molecular complexity index is 2410. The Morgan fingerprint density at radius 2 is 1.52 bits per heavy atom. The molecular formula is C46H53N11O4. The fourth-order valence-corrected chi connectivity index (χ4v) is 10.1. The number of benzene rings is 3. The molecule has 0 saturated carbocycles. The Morgan fingerprint density at radius 3 is 2.30 bits per heavy atom. The van der Waals surface area contributed by atoms with Crippen LogP contribution in [-0.2, 0) is 16.1 Å². The zero-order valence-corrected chi connectivity index (χ0v) is 34.5. The lowest BCUT2D eigenvalue weighted by molar-refractivity contribution is -0.136. The number of nitrogens with zero attached hydrogens (tertiary/aromatic N) is 9. The lowest BCUT2D eigenvalue weighted by atomic mass is 9.98. The van der Waals surface area contributed by atoms with Crippen LogP contribution in [0.4, 0.5) is 11.5 Å².